The van der Waals surface area contributed by atoms with E-state index in [0.29, 0.717) is 56.2 Å². The maximum absolute atomic E-state index is 13.9. The number of rotatable bonds is 5. The van der Waals surface area contributed by atoms with Crippen LogP contribution in [0.25, 0.3) is 0 Å². The Balaban J connectivity index is 0.00000196. The van der Waals surface area contributed by atoms with Gasteiger partial charge in [-0.3, -0.25) is 9.69 Å². The van der Waals surface area contributed by atoms with Gasteiger partial charge in [-0.15, -0.1) is 24.8 Å². The van der Waals surface area contributed by atoms with Crippen LogP contribution in [-0.2, 0) is 17.8 Å². The van der Waals surface area contributed by atoms with Crippen molar-refractivity contribution >= 4 is 48.0 Å². The highest BCUT2D eigenvalue weighted by Gasteiger charge is 2.22. The number of piperazine rings is 1. The van der Waals surface area contributed by atoms with Crippen LogP contribution in [0.15, 0.2) is 42.5 Å². The van der Waals surface area contributed by atoms with Crippen LogP contribution in [0.3, 0.4) is 0 Å². The molecule has 4 nitrogen and oxygen atoms in total. The molecule has 28 heavy (non-hydrogen) atoms. The fourth-order valence-electron chi connectivity index (χ4n) is 3.22. The molecule has 2 aromatic rings. The molecule has 8 heteroatoms. The summed E-state index contributed by atoms with van der Waals surface area (Å²) in [6.07, 6.45) is 1.10. The van der Waals surface area contributed by atoms with E-state index in [-0.39, 0.29) is 36.5 Å². The molecule has 0 aromatic heterocycles. The summed E-state index contributed by atoms with van der Waals surface area (Å²) in [7, 11) is 0. The number of halogens is 4. The number of nitrogens with zero attached hydrogens (tertiary/aromatic N) is 2. The normalized spacial score (nSPS) is 14.1. The molecule has 1 fully saturated rings. The van der Waals surface area contributed by atoms with E-state index in [1.807, 2.05) is 29.2 Å². The molecule has 2 N–H and O–H groups in total. The summed E-state index contributed by atoms with van der Waals surface area (Å²) >= 11 is 6.10. The maximum atomic E-state index is 13.9. The zero-order valence-electron chi connectivity index (χ0n) is 15.4. The molecule has 1 saturated heterocycles. The van der Waals surface area contributed by atoms with Crippen molar-refractivity contribution in [2.45, 2.75) is 19.4 Å². The molecule has 1 amide bonds. The van der Waals surface area contributed by atoms with Gasteiger partial charge in [0.25, 0.3) is 0 Å². The first-order valence-corrected chi connectivity index (χ1v) is 9.19. The van der Waals surface area contributed by atoms with Gasteiger partial charge in [0.15, 0.2) is 0 Å². The van der Waals surface area contributed by atoms with Gasteiger partial charge in [-0.2, -0.15) is 0 Å². The van der Waals surface area contributed by atoms with E-state index in [1.54, 1.807) is 12.1 Å². The molecule has 0 unspecified atom stereocenters. The zero-order valence-corrected chi connectivity index (χ0v) is 17.8. The highest BCUT2D eigenvalue weighted by atomic mass is 35.5. The molecule has 0 bridgehead atoms. The van der Waals surface area contributed by atoms with Crippen molar-refractivity contribution in [3.05, 3.63) is 64.4 Å². The third kappa shape index (κ3) is 6.24. The van der Waals surface area contributed by atoms with E-state index >= 15 is 0 Å². The number of anilines is 1. The summed E-state index contributed by atoms with van der Waals surface area (Å²) in [6.45, 7) is 3.19. The largest absolute Gasteiger partial charge is 0.399 e. The highest BCUT2D eigenvalue weighted by Crippen LogP contribution is 2.21. The van der Waals surface area contributed by atoms with Gasteiger partial charge in [0.05, 0.1) is 0 Å². The summed E-state index contributed by atoms with van der Waals surface area (Å²) in [5.41, 5.74) is 8.19. The number of carbonyl (C=O) groups excluding carboxylic acids is 1. The maximum Gasteiger partial charge on any atom is 0.222 e. The summed E-state index contributed by atoms with van der Waals surface area (Å²) < 4.78 is 13.9. The number of benzene rings is 2. The Labute approximate surface area is 182 Å². The summed E-state index contributed by atoms with van der Waals surface area (Å²) in [6, 6.07) is 12.4. The van der Waals surface area contributed by atoms with E-state index in [9.17, 15) is 9.18 Å². The number of para-hydroxylation sites is 1. The number of hydrogen-bond donors (Lipinski definition) is 1. The Morgan fingerprint density at radius 2 is 1.71 bits per heavy atom. The molecule has 154 valence electrons. The van der Waals surface area contributed by atoms with Crippen LogP contribution in [-0.4, -0.2) is 41.9 Å². The summed E-state index contributed by atoms with van der Waals surface area (Å²) in [5, 5.41) is 0.448. The molecule has 0 saturated carbocycles. The van der Waals surface area contributed by atoms with Crippen molar-refractivity contribution in [3.8, 4) is 0 Å². The van der Waals surface area contributed by atoms with Crippen LogP contribution in [0.5, 0.6) is 0 Å². The van der Waals surface area contributed by atoms with Crippen molar-refractivity contribution < 1.29 is 9.18 Å². The van der Waals surface area contributed by atoms with E-state index in [1.165, 1.54) is 6.07 Å². The molecule has 2 aromatic carbocycles. The quantitative estimate of drug-likeness (QED) is 0.698. The third-order valence-electron chi connectivity index (χ3n) is 4.83. The number of aryl methyl sites for hydroxylation is 1. The number of hydrogen-bond acceptors (Lipinski definition) is 3. The smallest absolute Gasteiger partial charge is 0.222 e. The Hall–Kier alpha value is -1.53. The van der Waals surface area contributed by atoms with E-state index < -0.39 is 0 Å². The van der Waals surface area contributed by atoms with Crippen molar-refractivity contribution in [2.75, 3.05) is 31.9 Å². The Morgan fingerprint density at radius 1 is 1.04 bits per heavy atom. The summed E-state index contributed by atoms with van der Waals surface area (Å²) in [4.78, 5) is 16.4. The molecule has 1 aliphatic rings. The molecule has 0 atom stereocenters. The van der Waals surface area contributed by atoms with Gasteiger partial charge in [0.2, 0.25) is 5.91 Å². The predicted octanol–water partition coefficient (Wildman–Crippen LogP) is 4.18. The molecule has 0 aliphatic carbocycles. The van der Waals surface area contributed by atoms with Crippen LogP contribution < -0.4 is 5.73 Å². The lowest BCUT2D eigenvalue weighted by Gasteiger charge is -2.35. The van der Waals surface area contributed by atoms with Gasteiger partial charge in [-0.1, -0.05) is 35.9 Å². The van der Waals surface area contributed by atoms with Crippen molar-refractivity contribution in [3.63, 3.8) is 0 Å². The third-order valence-corrected chi connectivity index (χ3v) is 5.19. The topological polar surface area (TPSA) is 49.6 Å². The lowest BCUT2D eigenvalue weighted by Crippen LogP contribution is -2.48. The minimum absolute atomic E-state index is 0. The molecular formula is C20H25Cl3FN3O. The number of carbonyl (C=O) groups is 1. The average Bonchev–Trinajstić information content (AvgIpc) is 2.64. The average molecular weight is 449 g/mol. The second kappa shape index (κ2) is 11.5. The highest BCUT2D eigenvalue weighted by molar-refractivity contribution is 6.31. The number of nitrogens with two attached hydrogens (primary N) is 1. The second-order valence-electron chi connectivity index (χ2n) is 6.56. The number of amides is 1. The van der Waals surface area contributed by atoms with Gasteiger partial charge >= 0.3 is 0 Å². The monoisotopic (exact) mass is 447 g/mol. The molecule has 0 spiro atoms. The Kier molecular flexibility index (Phi) is 10.0. The lowest BCUT2D eigenvalue weighted by atomic mass is 10.1. The minimum Gasteiger partial charge on any atom is -0.399 e. The predicted molar refractivity (Wildman–Crippen MR) is 117 cm³/mol. The summed E-state index contributed by atoms with van der Waals surface area (Å²) in [5.74, 6) is -0.145. The molecule has 1 aliphatic heterocycles. The second-order valence-corrected chi connectivity index (χ2v) is 6.96. The SMILES string of the molecule is Cl.Cl.Nc1ccccc1CCC(=O)N1CCN(Cc2c(F)cccc2Cl)CC1. The van der Waals surface area contributed by atoms with Gasteiger partial charge in [-0.05, 0) is 30.2 Å². The van der Waals surface area contributed by atoms with E-state index in [4.69, 9.17) is 17.3 Å². The van der Waals surface area contributed by atoms with Crippen LogP contribution in [0.4, 0.5) is 10.1 Å². The molecular weight excluding hydrogens is 424 g/mol. The van der Waals surface area contributed by atoms with Gasteiger partial charge in [-0.25, -0.2) is 4.39 Å². The van der Waals surface area contributed by atoms with E-state index in [2.05, 4.69) is 4.90 Å². The molecule has 3 rings (SSSR count). The van der Waals surface area contributed by atoms with Crippen LogP contribution in [0, 0.1) is 5.82 Å². The van der Waals surface area contributed by atoms with Crippen molar-refractivity contribution in [1.29, 1.82) is 0 Å². The fraction of sp³-hybridized carbons (Fsp3) is 0.350. The van der Waals surface area contributed by atoms with Crippen molar-refractivity contribution in [1.82, 2.24) is 9.80 Å². The van der Waals surface area contributed by atoms with Gasteiger partial charge < -0.3 is 10.6 Å². The Morgan fingerprint density at radius 3 is 2.36 bits per heavy atom. The van der Waals surface area contributed by atoms with Crippen LogP contribution >= 0.6 is 36.4 Å². The standard InChI is InChI=1S/C20H23ClFN3O.2ClH/c21-17-5-3-6-18(22)16(17)14-24-10-12-25(13-11-24)20(26)9-8-15-4-1-2-7-19(15)23;;/h1-7H,8-14,23H2;2*1H. The molecule has 1 heterocycles. The Bertz CT molecular complexity index is 763. The minimum atomic E-state index is -0.281. The lowest BCUT2D eigenvalue weighted by molar-refractivity contribution is -0.133. The first-order chi connectivity index (χ1) is 12.5. The van der Waals surface area contributed by atoms with Gasteiger partial charge in [0.1, 0.15) is 5.82 Å². The zero-order chi connectivity index (χ0) is 18.5. The number of nitrogen functional groups attached to an aromatic ring is 1. The van der Waals surface area contributed by atoms with Crippen molar-refractivity contribution in [2.24, 2.45) is 0 Å². The first-order valence-electron chi connectivity index (χ1n) is 8.81. The van der Waals surface area contributed by atoms with E-state index in [0.717, 1.165) is 11.3 Å². The van der Waals surface area contributed by atoms with Crippen LogP contribution in [0.1, 0.15) is 17.5 Å². The first kappa shape index (κ1) is 24.5. The molecule has 0 radical (unpaired) electrons. The fourth-order valence-corrected chi connectivity index (χ4v) is 3.45. The van der Waals surface area contributed by atoms with Crippen LogP contribution in [0.2, 0.25) is 5.02 Å². The van der Waals surface area contributed by atoms with Gasteiger partial charge in [0, 0.05) is 55.4 Å².